The Hall–Kier alpha value is -3.54. The van der Waals surface area contributed by atoms with Crippen LogP contribution in [0.4, 0.5) is 15.8 Å². The zero-order valence-corrected chi connectivity index (χ0v) is 19.6. The number of rotatable bonds is 5. The molecule has 34 heavy (non-hydrogen) atoms. The molecule has 5 nitrogen and oxygen atoms in total. The highest BCUT2D eigenvalue weighted by atomic mass is 19.1. The Labute approximate surface area is 200 Å². The molecular formula is C28H30FN3O2. The normalized spacial score (nSPS) is 19.3. The molecule has 0 saturated carbocycles. The molecule has 0 spiro atoms. The highest BCUT2D eigenvalue weighted by Gasteiger charge is 2.41. The molecule has 2 atom stereocenters. The highest BCUT2D eigenvalue weighted by Crippen LogP contribution is 2.39. The number of carbonyl (C=O) groups is 1. The van der Waals surface area contributed by atoms with Gasteiger partial charge in [-0.25, -0.2) is 4.39 Å². The minimum atomic E-state index is -0.275. The Morgan fingerprint density at radius 1 is 1.06 bits per heavy atom. The third-order valence-electron chi connectivity index (χ3n) is 7.04. The van der Waals surface area contributed by atoms with Crippen LogP contribution in [0.5, 0.6) is 5.75 Å². The van der Waals surface area contributed by atoms with Crippen LogP contribution in [0.25, 0.3) is 0 Å². The van der Waals surface area contributed by atoms with E-state index < -0.39 is 0 Å². The molecule has 0 radical (unpaired) electrons. The number of nitrogens with one attached hydrogen (secondary N) is 1. The first-order chi connectivity index (χ1) is 16.5. The first-order valence-electron chi connectivity index (χ1n) is 11.8. The Bertz CT molecular complexity index is 1160. The number of halogens is 1. The van der Waals surface area contributed by atoms with Crippen LogP contribution in [-0.2, 0) is 17.8 Å². The molecule has 2 unspecified atom stereocenters. The van der Waals surface area contributed by atoms with Gasteiger partial charge in [-0.05, 0) is 54.8 Å². The minimum absolute atomic E-state index is 0.0338. The lowest BCUT2D eigenvalue weighted by atomic mass is 9.83. The molecule has 1 N–H and O–H groups in total. The van der Waals surface area contributed by atoms with Gasteiger partial charge in [0.15, 0.2) is 0 Å². The number of hydrogen-bond acceptors (Lipinski definition) is 4. The van der Waals surface area contributed by atoms with Crippen LogP contribution in [0.15, 0.2) is 66.7 Å². The van der Waals surface area contributed by atoms with Gasteiger partial charge in [0, 0.05) is 43.6 Å². The predicted octanol–water partition coefficient (Wildman–Crippen LogP) is 4.33. The second kappa shape index (κ2) is 9.37. The molecule has 6 heteroatoms. The van der Waals surface area contributed by atoms with Gasteiger partial charge < -0.3 is 19.9 Å². The average Bonchev–Trinajstić information content (AvgIpc) is 2.87. The van der Waals surface area contributed by atoms with Gasteiger partial charge in [-0.2, -0.15) is 0 Å². The summed E-state index contributed by atoms with van der Waals surface area (Å²) < 4.78 is 18.7. The number of aryl methyl sites for hydroxylation is 1. The average molecular weight is 460 g/mol. The molecular weight excluding hydrogens is 429 g/mol. The summed E-state index contributed by atoms with van der Waals surface area (Å²) >= 11 is 0. The van der Waals surface area contributed by atoms with Crippen LogP contribution in [-0.4, -0.2) is 38.7 Å². The lowest BCUT2D eigenvalue weighted by Crippen LogP contribution is -2.61. The topological polar surface area (TPSA) is 44.8 Å². The maximum absolute atomic E-state index is 13.5. The van der Waals surface area contributed by atoms with Gasteiger partial charge in [-0.1, -0.05) is 35.9 Å². The third kappa shape index (κ3) is 4.45. The van der Waals surface area contributed by atoms with Gasteiger partial charge >= 0.3 is 0 Å². The summed E-state index contributed by atoms with van der Waals surface area (Å²) in [5.41, 5.74) is 5.64. The molecule has 1 amide bonds. The first-order valence-corrected chi connectivity index (χ1v) is 11.8. The van der Waals surface area contributed by atoms with Crippen molar-refractivity contribution < 1.29 is 13.9 Å². The van der Waals surface area contributed by atoms with Gasteiger partial charge in [0.1, 0.15) is 11.6 Å². The van der Waals surface area contributed by atoms with Crippen molar-refractivity contribution in [1.29, 1.82) is 0 Å². The second-order valence-corrected chi connectivity index (χ2v) is 9.19. The molecule has 2 heterocycles. The van der Waals surface area contributed by atoms with Crippen molar-refractivity contribution >= 4 is 17.3 Å². The lowest BCUT2D eigenvalue weighted by molar-refractivity contribution is -0.126. The number of fused-ring (bicyclic) bond motifs is 3. The van der Waals surface area contributed by atoms with E-state index in [4.69, 9.17) is 4.74 Å². The van der Waals surface area contributed by atoms with Gasteiger partial charge in [-0.3, -0.25) is 4.79 Å². The summed E-state index contributed by atoms with van der Waals surface area (Å²) in [4.78, 5) is 18.2. The molecule has 1 fully saturated rings. The summed E-state index contributed by atoms with van der Waals surface area (Å²) in [7, 11) is 1.68. The van der Waals surface area contributed by atoms with Crippen LogP contribution >= 0.6 is 0 Å². The van der Waals surface area contributed by atoms with Crippen molar-refractivity contribution in [2.45, 2.75) is 25.9 Å². The number of benzene rings is 3. The number of anilines is 2. The Morgan fingerprint density at radius 3 is 2.56 bits per heavy atom. The summed E-state index contributed by atoms with van der Waals surface area (Å²) in [6, 6.07) is 21.1. The molecule has 3 aromatic rings. The molecule has 0 aliphatic carbocycles. The Morgan fingerprint density at radius 2 is 1.82 bits per heavy atom. The summed E-state index contributed by atoms with van der Waals surface area (Å²) in [5.74, 6) is 0.405. The van der Waals surface area contributed by atoms with E-state index in [0.717, 1.165) is 36.6 Å². The summed E-state index contributed by atoms with van der Waals surface area (Å²) in [5, 5.41) is 3.11. The van der Waals surface area contributed by atoms with Crippen molar-refractivity contribution in [1.82, 2.24) is 5.32 Å². The zero-order chi connectivity index (χ0) is 23.7. The molecule has 3 aromatic carbocycles. The van der Waals surface area contributed by atoms with Gasteiger partial charge in [0.25, 0.3) is 0 Å². The van der Waals surface area contributed by atoms with E-state index in [1.165, 1.54) is 28.9 Å². The third-order valence-corrected chi connectivity index (χ3v) is 7.04. The highest BCUT2D eigenvalue weighted by molar-refractivity contribution is 5.82. The monoisotopic (exact) mass is 459 g/mol. The SMILES string of the molecule is COc1ccc2c(c1)N1CCN(c3ccc(C)cc3)CC1C(C(=O)NCc1ccc(F)cc1)C2. The fraction of sp³-hybridized carbons (Fsp3) is 0.321. The standard InChI is InChI=1S/C28H30FN3O2/c1-19-3-10-23(11-4-19)31-13-14-32-26-16-24(34-2)12-7-21(26)15-25(27(32)18-31)28(33)30-17-20-5-8-22(29)9-6-20/h3-12,16,25,27H,13-15,17-18H2,1-2H3,(H,30,33). The summed E-state index contributed by atoms with van der Waals surface area (Å²) in [6.07, 6.45) is 0.678. The van der Waals surface area contributed by atoms with Gasteiger partial charge in [-0.15, -0.1) is 0 Å². The van der Waals surface area contributed by atoms with Crippen molar-refractivity contribution in [3.63, 3.8) is 0 Å². The molecule has 2 aliphatic rings. The zero-order valence-electron chi connectivity index (χ0n) is 19.6. The maximum atomic E-state index is 13.5. The van der Waals surface area contributed by atoms with E-state index in [1.807, 2.05) is 6.07 Å². The number of ether oxygens (including phenoxy) is 1. The van der Waals surface area contributed by atoms with E-state index in [2.05, 4.69) is 58.4 Å². The van der Waals surface area contributed by atoms with Crippen LogP contribution in [0.1, 0.15) is 16.7 Å². The van der Waals surface area contributed by atoms with Crippen LogP contribution < -0.4 is 19.9 Å². The van der Waals surface area contributed by atoms with Gasteiger partial charge in [0.05, 0.1) is 19.1 Å². The molecule has 0 aromatic heterocycles. The predicted molar refractivity (Wildman–Crippen MR) is 133 cm³/mol. The molecule has 0 bridgehead atoms. The van der Waals surface area contributed by atoms with E-state index >= 15 is 0 Å². The molecule has 5 rings (SSSR count). The first kappa shape index (κ1) is 22.3. The van der Waals surface area contributed by atoms with Crippen LogP contribution in [0, 0.1) is 18.7 Å². The number of methoxy groups -OCH3 is 1. The van der Waals surface area contributed by atoms with Gasteiger partial charge in [0.2, 0.25) is 5.91 Å². The van der Waals surface area contributed by atoms with Crippen molar-refractivity contribution in [3.8, 4) is 5.75 Å². The summed E-state index contributed by atoms with van der Waals surface area (Å²) in [6.45, 7) is 4.98. The molecule has 2 aliphatic heterocycles. The largest absolute Gasteiger partial charge is 0.497 e. The van der Waals surface area contributed by atoms with Crippen molar-refractivity contribution in [3.05, 3.63) is 89.2 Å². The van der Waals surface area contributed by atoms with E-state index in [0.29, 0.717) is 13.0 Å². The van der Waals surface area contributed by atoms with E-state index in [-0.39, 0.29) is 23.7 Å². The van der Waals surface area contributed by atoms with E-state index in [1.54, 1.807) is 19.2 Å². The quantitative estimate of drug-likeness (QED) is 0.617. The fourth-order valence-electron chi connectivity index (χ4n) is 5.12. The van der Waals surface area contributed by atoms with Crippen LogP contribution in [0.2, 0.25) is 0 Å². The Balaban J connectivity index is 1.40. The number of amides is 1. The van der Waals surface area contributed by atoms with Crippen molar-refractivity contribution in [2.75, 3.05) is 36.5 Å². The maximum Gasteiger partial charge on any atom is 0.225 e. The minimum Gasteiger partial charge on any atom is -0.497 e. The lowest BCUT2D eigenvalue weighted by Gasteiger charge is -2.49. The van der Waals surface area contributed by atoms with Crippen molar-refractivity contribution in [2.24, 2.45) is 5.92 Å². The molecule has 176 valence electrons. The van der Waals surface area contributed by atoms with E-state index in [9.17, 15) is 9.18 Å². The fourth-order valence-corrected chi connectivity index (χ4v) is 5.12. The molecule has 1 saturated heterocycles. The Kier molecular flexibility index (Phi) is 6.14. The smallest absolute Gasteiger partial charge is 0.225 e. The number of hydrogen-bond donors (Lipinski definition) is 1. The number of carbonyl (C=O) groups excluding carboxylic acids is 1. The number of nitrogens with zero attached hydrogens (tertiary/aromatic N) is 2. The number of piperazine rings is 1. The second-order valence-electron chi connectivity index (χ2n) is 9.19. The van der Waals surface area contributed by atoms with Crippen LogP contribution in [0.3, 0.4) is 0 Å².